The van der Waals surface area contributed by atoms with Crippen molar-refractivity contribution in [3.8, 4) is 5.75 Å². The van der Waals surface area contributed by atoms with Gasteiger partial charge in [0.25, 0.3) is 0 Å². The maximum absolute atomic E-state index is 9.31. The van der Waals surface area contributed by atoms with E-state index >= 15 is 0 Å². The van der Waals surface area contributed by atoms with Crippen molar-refractivity contribution in [2.24, 2.45) is 0 Å². The van der Waals surface area contributed by atoms with Gasteiger partial charge in [-0.15, -0.1) is 0 Å². The molecular weight excluding hydrogens is 162 g/mol. The molecule has 11 heavy (non-hydrogen) atoms. The summed E-state index contributed by atoms with van der Waals surface area (Å²) in [6.45, 7) is 0. The zero-order valence-corrected chi connectivity index (χ0v) is 6.39. The normalized spacial score (nSPS) is 10.6. The molecule has 0 spiro atoms. The lowest BCUT2D eigenvalue weighted by molar-refractivity contribution is 0.482. The third-order valence-electron chi connectivity index (χ3n) is 1.65. The summed E-state index contributed by atoms with van der Waals surface area (Å²) in [6.07, 6.45) is 1.75. The molecule has 1 aromatic heterocycles. The summed E-state index contributed by atoms with van der Waals surface area (Å²) >= 11 is 5.83. The minimum absolute atomic E-state index is 0.255. The van der Waals surface area contributed by atoms with Gasteiger partial charge in [-0.3, -0.25) is 0 Å². The monoisotopic (exact) mass is 167 g/mol. The zero-order chi connectivity index (χ0) is 7.84. The van der Waals surface area contributed by atoms with Gasteiger partial charge in [0, 0.05) is 11.6 Å². The van der Waals surface area contributed by atoms with Gasteiger partial charge in [0.2, 0.25) is 0 Å². The Hall–Kier alpha value is -1.15. The van der Waals surface area contributed by atoms with Crippen molar-refractivity contribution < 1.29 is 5.11 Å². The summed E-state index contributed by atoms with van der Waals surface area (Å²) in [4.78, 5) is 2.94. The van der Waals surface area contributed by atoms with Gasteiger partial charge in [-0.05, 0) is 18.2 Å². The number of halogens is 1. The molecule has 0 aliphatic carbocycles. The van der Waals surface area contributed by atoms with Crippen LogP contribution in [0.2, 0.25) is 5.02 Å². The number of phenolic OH excluding ortho intramolecular Hbond substituents is 1. The smallest absolute Gasteiger partial charge is 0.125 e. The molecule has 0 amide bonds. The fourth-order valence-corrected chi connectivity index (χ4v) is 1.33. The molecule has 2 N–H and O–H groups in total. The van der Waals surface area contributed by atoms with Crippen LogP contribution in [0.1, 0.15) is 0 Å². The van der Waals surface area contributed by atoms with E-state index in [2.05, 4.69) is 4.98 Å². The Morgan fingerprint density at radius 3 is 2.82 bits per heavy atom. The molecular formula is C8H6ClNO. The van der Waals surface area contributed by atoms with E-state index in [0.29, 0.717) is 5.02 Å². The lowest BCUT2D eigenvalue weighted by atomic mass is 10.2. The van der Waals surface area contributed by atoms with E-state index in [1.807, 2.05) is 0 Å². The molecule has 2 nitrogen and oxygen atoms in total. The second-order valence-corrected chi connectivity index (χ2v) is 2.74. The molecule has 0 saturated heterocycles. The fourth-order valence-electron chi connectivity index (χ4n) is 1.11. The standard InChI is InChI=1S/C8H6ClNO/c9-6-1-2-7(11)5-3-4-10-8(5)6/h1-4,10-11H. The van der Waals surface area contributed by atoms with Gasteiger partial charge in [-0.1, -0.05) is 11.6 Å². The Labute approximate surface area is 68.4 Å². The third-order valence-corrected chi connectivity index (χ3v) is 1.96. The summed E-state index contributed by atoms with van der Waals surface area (Å²) in [5.74, 6) is 0.255. The van der Waals surface area contributed by atoms with Crippen molar-refractivity contribution >= 4 is 22.5 Å². The first kappa shape index (κ1) is 6.55. The van der Waals surface area contributed by atoms with Gasteiger partial charge in [-0.2, -0.15) is 0 Å². The van der Waals surface area contributed by atoms with E-state index in [9.17, 15) is 5.11 Å². The van der Waals surface area contributed by atoms with Crippen LogP contribution in [-0.2, 0) is 0 Å². The number of benzene rings is 1. The van der Waals surface area contributed by atoms with Crippen molar-refractivity contribution in [3.05, 3.63) is 29.4 Å². The quantitative estimate of drug-likeness (QED) is 0.622. The van der Waals surface area contributed by atoms with Gasteiger partial charge in [0.05, 0.1) is 10.5 Å². The molecule has 2 aromatic rings. The number of aromatic amines is 1. The predicted molar refractivity (Wildman–Crippen MR) is 45.0 cm³/mol. The fraction of sp³-hybridized carbons (Fsp3) is 0. The second-order valence-electron chi connectivity index (χ2n) is 2.33. The van der Waals surface area contributed by atoms with Crippen LogP contribution in [0.4, 0.5) is 0 Å². The Bertz CT molecular complexity index is 358. The van der Waals surface area contributed by atoms with Gasteiger partial charge < -0.3 is 10.1 Å². The van der Waals surface area contributed by atoms with E-state index in [-0.39, 0.29) is 5.75 Å². The summed E-state index contributed by atoms with van der Waals surface area (Å²) < 4.78 is 0. The number of aromatic hydroxyl groups is 1. The number of fused-ring (bicyclic) bond motifs is 1. The van der Waals surface area contributed by atoms with E-state index < -0.39 is 0 Å². The number of phenols is 1. The van der Waals surface area contributed by atoms with Crippen LogP contribution in [0, 0.1) is 0 Å². The molecule has 2 rings (SSSR count). The SMILES string of the molecule is Oc1ccc(Cl)c2[nH]ccc12. The molecule has 3 heteroatoms. The molecule has 1 heterocycles. The number of aromatic nitrogens is 1. The number of rotatable bonds is 0. The van der Waals surface area contributed by atoms with Crippen LogP contribution < -0.4 is 0 Å². The summed E-state index contributed by atoms with van der Waals surface area (Å²) in [7, 11) is 0. The maximum atomic E-state index is 9.31. The summed E-state index contributed by atoms with van der Waals surface area (Å²) in [6, 6.07) is 5.03. The Morgan fingerprint density at radius 1 is 1.27 bits per heavy atom. The zero-order valence-electron chi connectivity index (χ0n) is 5.63. The van der Waals surface area contributed by atoms with Crippen molar-refractivity contribution in [2.75, 3.05) is 0 Å². The Morgan fingerprint density at radius 2 is 2.09 bits per heavy atom. The maximum Gasteiger partial charge on any atom is 0.125 e. The minimum Gasteiger partial charge on any atom is -0.507 e. The summed E-state index contributed by atoms with van der Waals surface area (Å²) in [5.41, 5.74) is 0.784. The first-order valence-corrected chi connectivity index (χ1v) is 3.61. The lowest BCUT2D eigenvalue weighted by Crippen LogP contribution is -1.70. The van der Waals surface area contributed by atoms with E-state index in [4.69, 9.17) is 11.6 Å². The van der Waals surface area contributed by atoms with E-state index in [1.165, 1.54) is 0 Å². The highest BCUT2D eigenvalue weighted by Crippen LogP contribution is 2.28. The van der Waals surface area contributed by atoms with Crippen LogP contribution >= 0.6 is 11.6 Å². The molecule has 0 aliphatic rings. The van der Waals surface area contributed by atoms with Crippen LogP contribution in [0.5, 0.6) is 5.75 Å². The number of hydrogen-bond acceptors (Lipinski definition) is 1. The van der Waals surface area contributed by atoms with Crippen LogP contribution in [0.15, 0.2) is 24.4 Å². The molecule has 0 unspecified atom stereocenters. The van der Waals surface area contributed by atoms with E-state index in [0.717, 1.165) is 10.9 Å². The highest BCUT2D eigenvalue weighted by Gasteiger charge is 2.02. The van der Waals surface area contributed by atoms with Crippen molar-refractivity contribution in [1.29, 1.82) is 0 Å². The lowest BCUT2D eigenvalue weighted by Gasteiger charge is -1.95. The van der Waals surface area contributed by atoms with Gasteiger partial charge in [0.1, 0.15) is 5.75 Å². The highest BCUT2D eigenvalue weighted by atomic mass is 35.5. The highest BCUT2D eigenvalue weighted by molar-refractivity contribution is 6.35. The molecule has 56 valence electrons. The van der Waals surface area contributed by atoms with Crippen LogP contribution in [0.3, 0.4) is 0 Å². The first-order valence-electron chi connectivity index (χ1n) is 3.23. The number of H-pyrrole nitrogens is 1. The molecule has 0 fully saturated rings. The van der Waals surface area contributed by atoms with Crippen molar-refractivity contribution in [1.82, 2.24) is 4.98 Å². The molecule has 0 bridgehead atoms. The van der Waals surface area contributed by atoms with Gasteiger partial charge >= 0.3 is 0 Å². The molecule has 1 aromatic carbocycles. The van der Waals surface area contributed by atoms with Crippen molar-refractivity contribution in [3.63, 3.8) is 0 Å². The molecule has 0 saturated carbocycles. The topological polar surface area (TPSA) is 36.0 Å². The Kier molecular flexibility index (Phi) is 1.29. The second kappa shape index (κ2) is 2.17. The molecule has 0 radical (unpaired) electrons. The van der Waals surface area contributed by atoms with Gasteiger partial charge in [0.15, 0.2) is 0 Å². The van der Waals surface area contributed by atoms with Crippen molar-refractivity contribution in [2.45, 2.75) is 0 Å². The van der Waals surface area contributed by atoms with Crippen LogP contribution in [0.25, 0.3) is 10.9 Å². The predicted octanol–water partition coefficient (Wildman–Crippen LogP) is 2.53. The van der Waals surface area contributed by atoms with Crippen LogP contribution in [-0.4, -0.2) is 10.1 Å². The number of nitrogens with one attached hydrogen (secondary N) is 1. The first-order chi connectivity index (χ1) is 5.29. The molecule has 0 atom stereocenters. The average Bonchev–Trinajstić information content (AvgIpc) is 2.45. The Balaban J connectivity index is 2.96. The average molecular weight is 168 g/mol. The number of hydrogen-bond donors (Lipinski definition) is 2. The minimum atomic E-state index is 0.255. The largest absolute Gasteiger partial charge is 0.507 e. The third kappa shape index (κ3) is 0.870. The molecule has 0 aliphatic heterocycles. The summed E-state index contributed by atoms with van der Waals surface area (Å²) in [5, 5.41) is 10.7. The van der Waals surface area contributed by atoms with Gasteiger partial charge in [-0.25, -0.2) is 0 Å². The van der Waals surface area contributed by atoms with E-state index in [1.54, 1.807) is 24.4 Å².